The predicted molar refractivity (Wildman–Crippen MR) is 88.9 cm³/mol. The molecule has 0 spiro atoms. The lowest BCUT2D eigenvalue weighted by Crippen LogP contribution is -2.22. The molecule has 0 aromatic carbocycles. The van der Waals surface area contributed by atoms with E-state index in [4.69, 9.17) is 4.42 Å². The average Bonchev–Trinajstić information content (AvgIpc) is 3.12. The van der Waals surface area contributed by atoms with Gasteiger partial charge in [-0.2, -0.15) is 0 Å². The van der Waals surface area contributed by atoms with E-state index in [1.165, 1.54) is 18.3 Å². The Morgan fingerprint density at radius 1 is 1.26 bits per heavy atom. The van der Waals surface area contributed by atoms with Crippen LogP contribution in [-0.4, -0.2) is 23.2 Å². The summed E-state index contributed by atoms with van der Waals surface area (Å²) < 4.78 is 5.60. The Kier molecular flexibility index (Phi) is 4.25. The molecule has 0 fully saturated rings. The summed E-state index contributed by atoms with van der Waals surface area (Å²) in [4.78, 5) is 29.4. The first-order chi connectivity index (χ1) is 11.0. The summed E-state index contributed by atoms with van der Waals surface area (Å²) in [5.74, 6) is 0.104. The highest BCUT2D eigenvalue weighted by molar-refractivity contribution is 7.14. The Bertz CT molecular complexity index is 879. The van der Waals surface area contributed by atoms with Crippen molar-refractivity contribution in [2.45, 2.75) is 20.3 Å². The SMILES string of the molecule is CC(=O)NCCc1ccc(C(=O)c2cc3nc(C)ccc3o2)s1. The molecule has 0 saturated heterocycles. The molecule has 3 aromatic rings. The first-order valence-corrected chi connectivity index (χ1v) is 8.09. The fourth-order valence-electron chi connectivity index (χ4n) is 2.26. The summed E-state index contributed by atoms with van der Waals surface area (Å²) in [6.07, 6.45) is 0.707. The lowest BCUT2D eigenvalue weighted by Gasteiger charge is -1.98. The third-order valence-electron chi connectivity index (χ3n) is 3.37. The second kappa shape index (κ2) is 6.34. The van der Waals surface area contributed by atoms with E-state index in [0.29, 0.717) is 34.7 Å². The number of furan rings is 1. The first kappa shape index (κ1) is 15.4. The van der Waals surface area contributed by atoms with Gasteiger partial charge in [0.25, 0.3) is 0 Å². The molecule has 0 aliphatic heterocycles. The van der Waals surface area contributed by atoms with Gasteiger partial charge < -0.3 is 9.73 Å². The van der Waals surface area contributed by atoms with E-state index in [0.717, 1.165) is 10.6 Å². The number of carbonyl (C=O) groups is 2. The number of aromatic nitrogens is 1. The number of aryl methyl sites for hydroxylation is 1. The highest BCUT2D eigenvalue weighted by Gasteiger charge is 2.17. The second-order valence-corrected chi connectivity index (χ2v) is 6.44. The van der Waals surface area contributed by atoms with Gasteiger partial charge in [0.15, 0.2) is 11.3 Å². The molecule has 1 N–H and O–H groups in total. The van der Waals surface area contributed by atoms with Gasteiger partial charge in [0, 0.05) is 30.1 Å². The van der Waals surface area contributed by atoms with E-state index in [-0.39, 0.29) is 11.7 Å². The van der Waals surface area contributed by atoms with Crippen molar-refractivity contribution in [2.24, 2.45) is 0 Å². The van der Waals surface area contributed by atoms with Crippen molar-refractivity contribution in [2.75, 3.05) is 6.54 Å². The number of hydrogen-bond acceptors (Lipinski definition) is 5. The largest absolute Gasteiger partial charge is 0.451 e. The average molecular weight is 328 g/mol. The van der Waals surface area contributed by atoms with Crippen LogP contribution in [0.3, 0.4) is 0 Å². The van der Waals surface area contributed by atoms with Crippen molar-refractivity contribution in [1.29, 1.82) is 0 Å². The number of rotatable bonds is 5. The van der Waals surface area contributed by atoms with Crippen molar-refractivity contribution in [3.63, 3.8) is 0 Å². The van der Waals surface area contributed by atoms with Crippen molar-refractivity contribution in [1.82, 2.24) is 10.3 Å². The van der Waals surface area contributed by atoms with Gasteiger partial charge in [-0.3, -0.25) is 9.59 Å². The van der Waals surface area contributed by atoms with Crippen LogP contribution in [-0.2, 0) is 11.2 Å². The molecule has 3 aromatic heterocycles. The maximum absolute atomic E-state index is 12.5. The van der Waals surface area contributed by atoms with Crippen molar-refractivity contribution in [3.05, 3.63) is 51.5 Å². The maximum atomic E-state index is 12.5. The van der Waals surface area contributed by atoms with Crippen LogP contribution in [0.4, 0.5) is 0 Å². The Labute approximate surface area is 137 Å². The molecule has 0 saturated carbocycles. The molecule has 0 unspecified atom stereocenters. The first-order valence-electron chi connectivity index (χ1n) is 7.28. The van der Waals surface area contributed by atoms with Crippen LogP contribution in [0.15, 0.2) is 34.7 Å². The van der Waals surface area contributed by atoms with E-state index in [9.17, 15) is 9.59 Å². The number of fused-ring (bicyclic) bond motifs is 1. The second-order valence-electron chi connectivity index (χ2n) is 5.27. The summed E-state index contributed by atoms with van der Waals surface area (Å²) in [7, 11) is 0. The third-order valence-corrected chi connectivity index (χ3v) is 4.51. The zero-order valence-electron chi connectivity index (χ0n) is 12.9. The summed E-state index contributed by atoms with van der Waals surface area (Å²) in [5, 5.41) is 2.74. The topological polar surface area (TPSA) is 72.2 Å². The number of nitrogens with one attached hydrogen (secondary N) is 1. The van der Waals surface area contributed by atoms with E-state index in [2.05, 4.69) is 10.3 Å². The molecule has 0 radical (unpaired) electrons. The minimum atomic E-state index is -0.142. The number of nitrogens with zero attached hydrogens (tertiary/aromatic N) is 1. The van der Waals surface area contributed by atoms with Gasteiger partial charge in [-0.05, 0) is 37.6 Å². The highest BCUT2D eigenvalue weighted by atomic mass is 32.1. The van der Waals surface area contributed by atoms with E-state index in [1.54, 1.807) is 12.1 Å². The fourth-order valence-corrected chi connectivity index (χ4v) is 3.21. The third kappa shape index (κ3) is 3.48. The van der Waals surface area contributed by atoms with Crippen LogP contribution < -0.4 is 5.32 Å². The number of carbonyl (C=O) groups excluding carboxylic acids is 2. The van der Waals surface area contributed by atoms with Crippen LogP contribution >= 0.6 is 11.3 Å². The molecule has 6 heteroatoms. The smallest absolute Gasteiger partial charge is 0.238 e. The number of amides is 1. The van der Waals surface area contributed by atoms with Crippen LogP contribution in [0.5, 0.6) is 0 Å². The van der Waals surface area contributed by atoms with Crippen molar-refractivity contribution in [3.8, 4) is 0 Å². The molecule has 0 bridgehead atoms. The molecule has 3 heterocycles. The van der Waals surface area contributed by atoms with Crippen molar-refractivity contribution < 1.29 is 14.0 Å². The number of ketones is 1. The standard InChI is InChI=1S/C17H16N2O3S/c1-10-3-5-14-13(19-10)9-15(22-14)17(21)16-6-4-12(23-16)7-8-18-11(2)20/h3-6,9H,7-8H2,1-2H3,(H,18,20). The van der Waals surface area contributed by atoms with Crippen LogP contribution in [0.25, 0.3) is 11.1 Å². The van der Waals surface area contributed by atoms with Gasteiger partial charge in [0.05, 0.1) is 4.88 Å². The summed E-state index contributed by atoms with van der Waals surface area (Å²) in [5.41, 5.74) is 2.19. The molecule has 118 valence electrons. The Morgan fingerprint density at radius 3 is 2.87 bits per heavy atom. The van der Waals surface area contributed by atoms with Gasteiger partial charge >= 0.3 is 0 Å². The zero-order valence-corrected chi connectivity index (χ0v) is 13.7. The molecular weight excluding hydrogens is 312 g/mol. The van der Waals surface area contributed by atoms with Gasteiger partial charge in [0.1, 0.15) is 5.52 Å². The molecule has 1 amide bonds. The van der Waals surface area contributed by atoms with E-state index >= 15 is 0 Å². The Morgan fingerprint density at radius 2 is 2.09 bits per heavy atom. The van der Waals surface area contributed by atoms with Gasteiger partial charge in [-0.1, -0.05) is 0 Å². The lowest BCUT2D eigenvalue weighted by atomic mass is 10.2. The molecule has 5 nitrogen and oxygen atoms in total. The van der Waals surface area contributed by atoms with Gasteiger partial charge in [-0.25, -0.2) is 4.98 Å². The Balaban J connectivity index is 1.76. The van der Waals surface area contributed by atoms with Crippen molar-refractivity contribution >= 4 is 34.1 Å². The van der Waals surface area contributed by atoms with Crippen LogP contribution in [0.2, 0.25) is 0 Å². The Hall–Kier alpha value is -2.47. The van der Waals surface area contributed by atoms with Crippen LogP contribution in [0, 0.1) is 6.92 Å². The number of pyridine rings is 1. The normalized spacial score (nSPS) is 10.9. The minimum Gasteiger partial charge on any atom is -0.451 e. The van der Waals surface area contributed by atoms with Gasteiger partial charge in [-0.15, -0.1) is 11.3 Å². The lowest BCUT2D eigenvalue weighted by molar-refractivity contribution is -0.118. The van der Waals surface area contributed by atoms with Crippen LogP contribution in [0.1, 0.15) is 32.9 Å². The van der Waals surface area contributed by atoms with E-state index in [1.807, 2.05) is 25.1 Å². The molecule has 0 aliphatic rings. The monoisotopic (exact) mass is 328 g/mol. The summed E-state index contributed by atoms with van der Waals surface area (Å²) in [6.45, 7) is 3.95. The quantitative estimate of drug-likeness (QED) is 0.731. The molecule has 23 heavy (non-hydrogen) atoms. The molecule has 3 rings (SSSR count). The minimum absolute atomic E-state index is 0.0528. The summed E-state index contributed by atoms with van der Waals surface area (Å²) >= 11 is 1.42. The maximum Gasteiger partial charge on any atom is 0.238 e. The summed E-state index contributed by atoms with van der Waals surface area (Å²) in [6, 6.07) is 9.06. The molecule has 0 atom stereocenters. The predicted octanol–water partition coefficient (Wildman–Crippen LogP) is 3.11. The highest BCUT2D eigenvalue weighted by Crippen LogP contribution is 2.24. The molecule has 0 aliphatic carbocycles. The zero-order chi connectivity index (χ0) is 16.4. The van der Waals surface area contributed by atoms with Gasteiger partial charge in [0.2, 0.25) is 11.7 Å². The fraction of sp³-hybridized carbons (Fsp3) is 0.235. The number of thiophene rings is 1. The number of hydrogen-bond donors (Lipinski definition) is 1. The molecular formula is C17H16N2O3S. The van der Waals surface area contributed by atoms with E-state index < -0.39 is 0 Å².